The van der Waals surface area contributed by atoms with Gasteiger partial charge in [0, 0.05) is 29.0 Å². The second-order valence-electron chi connectivity index (χ2n) is 8.74. The summed E-state index contributed by atoms with van der Waals surface area (Å²) >= 11 is 0. The summed E-state index contributed by atoms with van der Waals surface area (Å²) in [6.45, 7) is 2.44. The molecule has 0 bridgehead atoms. The quantitative estimate of drug-likeness (QED) is 0.363. The van der Waals surface area contributed by atoms with Gasteiger partial charge in [0.15, 0.2) is 0 Å². The highest BCUT2D eigenvalue weighted by Crippen LogP contribution is 2.30. The first-order chi connectivity index (χ1) is 17.6. The number of para-hydroxylation sites is 1. The molecular formula is C29H22N4O3. The lowest BCUT2D eigenvalue weighted by atomic mass is 10.0. The van der Waals surface area contributed by atoms with E-state index in [1.54, 1.807) is 42.2 Å². The number of hydrogen-bond donors (Lipinski definition) is 1. The molecule has 0 spiro atoms. The number of anilines is 2. The van der Waals surface area contributed by atoms with Crippen LogP contribution in [0.1, 0.15) is 32.0 Å². The van der Waals surface area contributed by atoms with Gasteiger partial charge in [-0.25, -0.2) is 4.98 Å². The van der Waals surface area contributed by atoms with E-state index < -0.39 is 0 Å². The molecule has 7 heteroatoms. The normalized spacial score (nSPS) is 12.5. The van der Waals surface area contributed by atoms with Crippen LogP contribution in [0.4, 0.5) is 11.4 Å². The van der Waals surface area contributed by atoms with Gasteiger partial charge in [-0.2, -0.15) is 0 Å². The molecule has 0 saturated carbocycles. The Balaban J connectivity index is 1.26. The molecule has 5 aromatic rings. The average molecular weight is 475 g/mol. The topological polar surface area (TPSA) is 88.3 Å². The van der Waals surface area contributed by atoms with Crippen molar-refractivity contribution in [2.75, 3.05) is 16.8 Å². The third-order valence-electron chi connectivity index (χ3n) is 6.45. The molecule has 0 radical (unpaired) electrons. The molecule has 1 N–H and O–H groups in total. The van der Waals surface area contributed by atoms with Gasteiger partial charge < -0.3 is 14.7 Å². The van der Waals surface area contributed by atoms with E-state index in [2.05, 4.69) is 21.5 Å². The highest BCUT2D eigenvalue weighted by Gasteiger charge is 2.25. The van der Waals surface area contributed by atoms with Gasteiger partial charge in [0.1, 0.15) is 0 Å². The first kappa shape index (κ1) is 21.7. The van der Waals surface area contributed by atoms with Crippen molar-refractivity contribution in [2.45, 2.75) is 13.3 Å². The molecule has 0 fully saturated rings. The number of aromatic nitrogens is 2. The molecule has 3 aromatic carbocycles. The van der Waals surface area contributed by atoms with Crippen molar-refractivity contribution in [3.63, 3.8) is 0 Å². The number of amides is 2. The standard InChI is InChI=1S/C29H22N4O3/c1-18-26-23(17-24(31-28(26)36-32-18)19-7-3-2-4-8-19)27(34)30-22-13-11-21(12-14-22)29(35)33-16-15-20-9-5-6-10-25(20)33/h2-14,17H,15-16H2,1H3,(H,30,34). The Morgan fingerprint density at radius 1 is 0.944 bits per heavy atom. The van der Waals surface area contributed by atoms with Crippen molar-refractivity contribution in [1.29, 1.82) is 0 Å². The van der Waals surface area contributed by atoms with Gasteiger partial charge in [-0.1, -0.05) is 53.7 Å². The van der Waals surface area contributed by atoms with Crippen molar-refractivity contribution in [1.82, 2.24) is 10.1 Å². The van der Waals surface area contributed by atoms with E-state index in [-0.39, 0.29) is 11.8 Å². The molecule has 6 rings (SSSR count). The SMILES string of the molecule is Cc1noc2nc(-c3ccccc3)cc(C(=O)Nc3ccc(C(=O)N4CCc5ccccc54)cc3)c12. The Bertz CT molecular complexity index is 1610. The zero-order chi connectivity index (χ0) is 24.6. The molecule has 0 atom stereocenters. The molecule has 7 nitrogen and oxygen atoms in total. The predicted octanol–water partition coefficient (Wildman–Crippen LogP) is 5.65. The molecule has 2 aromatic heterocycles. The summed E-state index contributed by atoms with van der Waals surface area (Å²) in [6, 6.07) is 26.3. The van der Waals surface area contributed by atoms with E-state index in [0.717, 1.165) is 17.7 Å². The summed E-state index contributed by atoms with van der Waals surface area (Å²) in [6.07, 6.45) is 0.851. The number of carbonyl (C=O) groups is 2. The molecule has 1 aliphatic heterocycles. The molecule has 1 aliphatic rings. The monoisotopic (exact) mass is 474 g/mol. The van der Waals surface area contributed by atoms with Gasteiger partial charge in [-0.3, -0.25) is 9.59 Å². The van der Waals surface area contributed by atoms with E-state index in [0.29, 0.717) is 45.8 Å². The van der Waals surface area contributed by atoms with Crippen molar-refractivity contribution in [2.24, 2.45) is 0 Å². The van der Waals surface area contributed by atoms with Crippen molar-refractivity contribution in [3.05, 3.63) is 107 Å². The van der Waals surface area contributed by atoms with Gasteiger partial charge in [-0.05, 0) is 55.3 Å². The lowest BCUT2D eigenvalue weighted by Crippen LogP contribution is -2.28. The number of aryl methyl sites for hydroxylation is 1. The Hall–Kier alpha value is -4.78. The number of pyridine rings is 1. The maximum Gasteiger partial charge on any atom is 0.259 e. The van der Waals surface area contributed by atoms with Gasteiger partial charge in [-0.15, -0.1) is 0 Å². The van der Waals surface area contributed by atoms with Gasteiger partial charge >= 0.3 is 0 Å². The van der Waals surface area contributed by atoms with Gasteiger partial charge in [0.25, 0.3) is 17.5 Å². The first-order valence-electron chi connectivity index (χ1n) is 11.7. The Morgan fingerprint density at radius 2 is 1.69 bits per heavy atom. The van der Waals surface area contributed by atoms with Crippen LogP contribution in [0, 0.1) is 6.92 Å². The van der Waals surface area contributed by atoms with Crippen LogP contribution in [0.2, 0.25) is 0 Å². The lowest BCUT2D eigenvalue weighted by molar-refractivity contribution is 0.0988. The number of carbonyl (C=O) groups excluding carboxylic acids is 2. The van der Waals surface area contributed by atoms with Crippen LogP contribution in [0.5, 0.6) is 0 Å². The second kappa shape index (κ2) is 8.78. The fourth-order valence-corrected chi connectivity index (χ4v) is 4.63. The molecule has 176 valence electrons. The minimum atomic E-state index is -0.307. The number of fused-ring (bicyclic) bond motifs is 2. The van der Waals surface area contributed by atoms with Gasteiger partial charge in [0.2, 0.25) is 0 Å². The fourth-order valence-electron chi connectivity index (χ4n) is 4.63. The van der Waals surface area contributed by atoms with Crippen LogP contribution in [-0.4, -0.2) is 28.5 Å². The molecule has 0 aliphatic carbocycles. The van der Waals surface area contributed by atoms with Crippen molar-refractivity contribution >= 4 is 34.3 Å². The molecule has 0 unspecified atom stereocenters. The van der Waals surface area contributed by atoms with Crippen molar-refractivity contribution in [3.8, 4) is 11.3 Å². The van der Waals surface area contributed by atoms with E-state index in [1.807, 2.05) is 48.5 Å². The maximum absolute atomic E-state index is 13.3. The third-order valence-corrected chi connectivity index (χ3v) is 6.45. The maximum atomic E-state index is 13.3. The summed E-state index contributed by atoms with van der Waals surface area (Å²) in [4.78, 5) is 32.8. The number of rotatable bonds is 4. The summed E-state index contributed by atoms with van der Waals surface area (Å²) in [5, 5.41) is 7.52. The highest BCUT2D eigenvalue weighted by molar-refractivity contribution is 6.13. The number of hydrogen-bond acceptors (Lipinski definition) is 5. The van der Waals surface area contributed by atoms with Gasteiger partial charge in [0.05, 0.1) is 22.3 Å². The zero-order valence-electron chi connectivity index (χ0n) is 19.6. The van der Waals surface area contributed by atoms with Crippen LogP contribution < -0.4 is 10.2 Å². The molecule has 0 saturated heterocycles. The number of benzene rings is 3. The summed E-state index contributed by atoms with van der Waals surface area (Å²) in [5.41, 5.74) is 6.10. The van der Waals surface area contributed by atoms with Crippen LogP contribution >= 0.6 is 0 Å². The Labute approximate surface area is 207 Å². The van der Waals surface area contributed by atoms with E-state index >= 15 is 0 Å². The van der Waals surface area contributed by atoms with E-state index in [9.17, 15) is 9.59 Å². The molecule has 3 heterocycles. The minimum Gasteiger partial charge on any atom is -0.335 e. The van der Waals surface area contributed by atoms with Crippen LogP contribution in [0.25, 0.3) is 22.4 Å². The average Bonchev–Trinajstić information content (AvgIpc) is 3.52. The highest BCUT2D eigenvalue weighted by atomic mass is 16.5. The van der Waals surface area contributed by atoms with Crippen LogP contribution in [0.3, 0.4) is 0 Å². The third kappa shape index (κ3) is 3.80. The van der Waals surface area contributed by atoms with E-state index in [1.165, 1.54) is 5.56 Å². The number of nitrogens with one attached hydrogen (secondary N) is 1. The summed E-state index contributed by atoms with van der Waals surface area (Å²) < 4.78 is 5.38. The number of nitrogens with zero attached hydrogens (tertiary/aromatic N) is 3. The lowest BCUT2D eigenvalue weighted by Gasteiger charge is -2.17. The largest absolute Gasteiger partial charge is 0.335 e. The molecule has 2 amide bonds. The fraction of sp³-hybridized carbons (Fsp3) is 0.103. The first-order valence-corrected chi connectivity index (χ1v) is 11.7. The molecule has 36 heavy (non-hydrogen) atoms. The Morgan fingerprint density at radius 3 is 2.50 bits per heavy atom. The van der Waals surface area contributed by atoms with Crippen LogP contribution in [-0.2, 0) is 6.42 Å². The summed E-state index contributed by atoms with van der Waals surface area (Å²) in [7, 11) is 0. The predicted molar refractivity (Wildman–Crippen MR) is 138 cm³/mol. The second-order valence-corrected chi connectivity index (χ2v) is 8.74. The van der Waals surface area contributed by atoms with E-state index in [4.69, 9.17) is 4.52 Å². The van der Waals surface area contributed by atoms with Crippen molar-refractivity contribution < 1.29 is 14.1 Å². The minimum absolute atomic E-state index is 0.0544. The summed E-state index contributed by atoms with van der Waals surface area (Å²) in [5.74, 6) is -0.361. The smallest absolute Gasteiger partial charge is 0.259 e. The van der Waals surface area contributed by atoms with Crippen LogP contribution in [0.15, 0.2) is 89.5 Å². The Kier molecular flexibility index (Phi) is 5.30. The molecular weight excluding hydrogens is 452 g/mol. The zero-order valence-corrected chi connectivity index (χ0v) is 19.6.